The molecule has 0 amide bonds. The Morgan fingerprint density at radius 3 is 3.06 bits per heavy atom. The van der Waals surface area contributed by atoms with E-state index >= 15 is 0 Å². The van der Waals surface area contributed by atoms with Gasteiger partial charge >= 0.3 is 0 Å². The molecule has 0 spiro atoms. The van der Waals surface area contributed by atoms with E-state index in [0.29, 0.717) is 6.61 Å². The minimum atomic E-state index is -0.00114. The lowest BCUT2D eigenvalue weighted by molar-refractivity contribution is 0.0879. The molecule has 1 fully saturated rings. The van der Waals surface area contributed by atoms with Gasteiger partial charge < -0.3 is 4.74 Å². The SMILES string of the molecule is CC1CC(C(=O)c2cccc3cnccc23)CO1. The average Bonchev–Trinajstić information content (AvgIpc) is 2.84. The number of hydrogen-bond donors (Lipinski definition) is 0. The minimum absolute atomic E-state index is 0.00114. The molecule has 0 aliphatic carbocycles. The van der Waals surface area contributed by atoms with Crippen molar-refractivity contribution in [3.05, 3.63) is 42.2 Å². The zero-order valence-corrected chi connectivity index (χ0v) is 10.3. The van der Waals surface area contributed by atoms with Crippen molar-refractivity contribution in [1.29, 1.82) is 0 Å². The van der Waals surface area contributed by atoms with Gasteiger partial charge in [-0.05, 0) is 24.8 Å². The Morgan fingerprint density at radius 2 is 2.28 bits per heavy atom. The summed E-state index contributed by atoms with van der Waals surface area (Å²) in [5.74, 6) is 0.190. The van der Waals surface area contributed by atoms with Gasteiger partial charge in [0, 0.05) is 29.3 Å². The fourth-order valence-corrected chi connectivity index (χ4v) is 2.56. The highest BCUT2D eigenvalue weighted by Gasteiger charge is 2.29. The number of rotatable bonds is 2. The first-order chi connectivity index (χ1) is 8.75. The van der Waals surface area contributed by atoms with Gasteiger partial charge in [0.05, 0.1) is 12.7 Å². The number of Topliss-reactive ketones (excluding diaryl/α,β-unsaturated/α-hetero) is 1. The summed E-state index contributed by atoms with van der Waals surface area (Å²) in [6.45, 7) is 2.56. The Bertz CT molecular complexity index is 589. The minimum Gasteiger partial charge on any atom is -0.378 e. The average molecular weight is 241 g/mol. The van der Waals surface area contributed by atoms with Crippen molar-refractivity contribution in [1.82, 2.24) is 4.98 Å². The summed E-state index contributed by atoms with van der Waals surface area (Å²) < 4.78 is 5.49. The number of pyridine rings is 1. The Kier molecular flexibility index (Phi) is 2.84. The van der Waals surface area contributed by atoms with E-state index in [-0.39, 0.29) is 17.8 Å². The van der Waals surface area contributed by atoms with Gasteiger partial charge in [0.1, 0.15) is 0 Å². The number of benzene rings is 1. The van der Waals surface area contributed by atoms with Crippen LogP contribution in [0.3, 0.4) is 0 Å². The lowest BCUT2D eigenvalue weighted by Crippen LogP contribution is -2.15. The van der Waals surface area contributed by atoms with E-state index in [4.69, 9.17) is 4.74 Å². The summed E-state index contributed by atoms with van der Waals surface area (Å²) >= 11 is 0. The van der Waals surface area contributed by atoms with Crippen LogP contribution in [0, 0.1) is 5.92 Å². The number of fused-ring (bicyclic) bond motifs is 1. The van der Waals surface area contributed by atoms with Gasteiger partial charge in [-0.15, -0.1) is 0 Å². The number of nitrogens with zero attached hydrogens (tertiary/aromatic N) is 1. The number of aromatic nitrogens is 1. The molecule has 2 unspecified atom stereocenters. The Hall–Kier alpha value is -1.74. The molecule has 0 saturated carbocycles. The van der Waals surface area contributed by atoms with Crippen LogP contribution in [0.5, 0.6) is 0 Å². The van der Waals surface area contributed by atoms with Gasteiger partial charge in [0.2, 0.25) is 0 Å². The van der Waals surface area contributed by atoms with Gasteiger partial charge in [0.15, 0.2) is 5.78 Å². The number of ether oxygens (including phenoxy) is 1. The normalized spacial score (nSPS) is 23.4. The molecule has 1 saturated heterocycles. The molecule has 0 radical (unpaired) electrons. The van der Waals surface area contributed by atoms with Crippen LogP contribution in [0.25, 0.3) is 10.8 Å². The van der Waals surface area contributed by atoms with Crippen LogP contribution in [0.4, 0.5) is 0 Å². The highest BCUT2D eigenvalue weighted by Crippen LogP contribution is 2.26. The van der Waals surface area contributed by atoms with E-state index in [0.717, 1.165) is 22.8 Å². The largest absolute Gasteiger partial charge is 0.378 e. The molecule has 0 N–H and O–H groups in total. The summed E-state index contributed by atoms with van der Waals surface area (Å²) in [6, 6.07) is 7.69. The first-order valence-corrected chi connectivity index (χ1v) is 6.24. The molecular formula is C15H15NO2. The molecule has 1 aliphatic rings. The van der Waals surface area contributed by atoms with Crippen molar-refractivity contribution in [2.45, 2.75) is 19.4 Å². The molecule has 2 aromatic rings. The van der Waals surface area contributed by atoms with Gasteiger partial charge in [0.25, 0.3) is 0 Å². The number of carbonyl (C=O) groups excluding carboxylic acids is 1. The monoisotopic (exact) mass is 241 g/mol. The third kappa shape index (κ3) is 1.91. The van der Waals surface area contributed by atoms with Crippen molar-refractivity contribution in [2.75, 3.05) is 6.61 Å². The molecule has 3 nitrogen and oxygen atoms in total. The standard InChI is InChI=1S/C15H15NO2/c1-10-7-12(9-18-10)15(17)14-4-2-3-11-8-16-6-5-13(11)14/h2-6,8,10,12H,7,9H2,1H3. The maximum absolute atomic E-state index is 12.5. The molecule has 3 rings (SSSR count). The van der Waals surface area contributed by atoms with Crippen molar-refractivity contribution < 1.29 is 9.53 Å². The predicted molar refractivity (Wildman–Crippen MR) is 69.6 cm³/mol. The fourth-order valence-electron chi connectivity index (χ4n) is 2.56. The molecule has 18 heavy (non-hydrogen) atoms. The van der Waals surface area contributed by atoms with Gasteiger partial charge in [-0.25, -0.2) is 0 Å². The van der Waals surface area contributed by atoms with E-state index < -0.39 is 0 Å². The van der Waals surface area contributed by atoms with Gasteiger partial charge in [-0.3, -0.25) is 9.78 Å². The highest BCUT2D eigenvalue weighted by atomic mass is 16.5. The summed E-state index contributed by atoms with van der Waals surface area (Å²) in [5.41, 5.74) is 0.789. The topological polar surface area (TPSA) is 39.2 Å². The Labute approximate surface area is 106 Å². The quantitative estimate of drug-likeness (QED) is 0.759. The van der Waals surface area contributed by atoms with Crippen LogP contribution in [-0.4, -0.2) is 23.5 Å². The predicted octanol–water partition coefficient (Wildman–Crippen LogP) is 2.84. The van der Waals surface area contributed by atoms with Crippen LogP contribution in [-0.2, 0) is 4.74 Å². The van der Waals surface area contributed by atoms with Gasteiger partial charge in [-0.1, -0.05) is 18.2 Å². The lowest BCUT2D eigenvalue weighted by Gasteiger charge is -2.09. The highest BCUT2D eigenvalue weighted by molar-refractivity contribution is 6.09. The molecule has 1 aromatic carbocycles. The van der Waals surface area contributed by atoms with E-state index in [1.165, 1.54) is 0 Å². The molecule has 1 aromatic heterocycles. The van der Waals surface area contributed by atoms with E-state index in [9.17, 15) is 4.79 Å². The third-order valence-electron chi connectivity index (χ3n) is 3.52. The zero-order valence-electron chi connectivity index (χ0n) is 10.3. The second-order valence-electron chi connectivity index (χ2n) is 4.84. The fraction of sp³-hybridized carbons (Fsp3) is 0.333. The molecule has 2 heterocycles. The molecular weight excluding hydrogens is 226 g/mol. The molecule has 3 heteroatoms. The van der Waals surface area contributed by atoms with Crippen molar-refractivity contribution in [3.63, 3.8) is 0 Å². The summed E-state index contributed by atoms with van der Waals surface area (Å²) in [7, 11) is 0. The zero-order chi connectivity index (χ0) is 12.5. The van der Waals surface area contributed by atoms with Crippen LogP contribution < -0.4 is 0 Å². The number of ketones is 1. The second-order valence-corrected chi connectivity index (χ2v) is 4.84. The first-order valence-electron chi connectivity index (χ1n) is 6.24. The molecule has 1 aliphatic heterocycles. The summed E-state index contributed by atoms with van der Waals surface area (Å²) in [6.07, 6.45) is 4.53. The number of hydrogen-bond acceptors (Lipinski definition) is 3. The smallest absolute Gasteiger partial charge is 0.168 e. The van der Waals surface area contributed by atoms with Crippen LogP contribution in [0.2, 0.25) is 0 Å². The van der Waals surface area contributed by atoms with Crippen molar-refractivity contribution in [3.8, 4) is 0 Å². The maximum atomic E-state index is 12.5. The maximum Gasteiger partial charge on any atom is 0.168 e. The second kappa shape index (κ2) is 4.50. The van der Waals surface area contributed by atoms with Gasteiger partial charge in [-0.2, -0.15) is 0 Å². The summed E-state index contributed by atoms with van der Waals surface area (Å²) in [5, 5.41) is 1.99. The van der Waals surface area contributed by atoms with Crippen molar-refractivity contribution >= 4 is 16.6 Å². The third-order valence-corrected chi connectivity index (χ3v) is 3.52. The molecule has 2 atom stereocenters. The van der Waals surface area contributed by atoms with Crippen LogP contribution >= 0.6 is 0 Å². The van der Waals surface area contributed by atoms with Crippen LogP contribution in [0.15, 0.2) is 36.7 Å². The lowest BCUT2D eigenvalue weighted by atomic mass is 9.92. The van der Waals surface area contributed by atoms with Crippen LogP contribution in [0.1, 0.15) is 23.7 Å². The van der Waals surface area contributed by atoms with E-state index in [2.05, 4.69) is 4.98 Å². The van der Waals surface area contributed by atoms with E-state index in [1.807, 2.05) is 31.2 Å². The first kappa shape index (κ1) is 11.4. The van der Waals surface area contributed by atoms with E-state index in [1.54, 1.807) is 12.4 Å². The summed E-state index contributed by atoms with van der Waals surface area (Å²) in [4.78, 5) is 16.6. The molecule has 0 bridgehead atoms. The Morgan fingerprint density at radius 1 is 1.39 bits per heavy atom. The number of carbonyl (C=O) groups is 1. The molecule has 92 valence electrons. The van der Waals surface area contributed by atoms with Crippen molar-refractivity contribution in [2.24, 2.45) is 5.92 Å². The Balaban J connectivity index is 2.01.